The maximum atomic E-state index is 12.1. The first-order chi connectivity index (χ1) is 17.6. The minimum absolute atomic E-state index is 0.237. The minimum Gasteiger partial charge on any atom is -0.497 e. The molecule has 0 spiro atoms. The highest BCUT2D eigenvalue weighted by atomic mass is 16.5. The van der Waals surface area contributed by atoms with Gasteiger partial charge in [0.1, 0.15) is 11.5 Å². The maximum Gasteiger partial charge on any atom is 0.308 e. The summed E-state index contributed by atoms with van der Waals surface area (Å²) in [4.78, 5) is 18.9. The smallest absolute Gasteiger partial charge is 0.308 e. The molecule has 0 aliphatic carbocycles. The van der Waals surface area contributed by atoms with E-state index in [1.165, 1.54) is 11.1 Å². The van der Waals surface area contributed by atoms with Crippen LogP contribution in [0.4, 0.5) is 0 Å². The van der Waals surface area contributed by atoms with Gasteiger partial charge in [-0.1, -0.05) is 12.1 Å². The van der Waals surface area contributed by atoms with Crippen molar-refractivity contribution in [1.82, 2.24) is 9.88 Å². The van der Waals surface area contributed by atoms with E-state index in [4.69, 9.17) is 9.47 Å². The zero-order chi connectivity index (χ0) is 25.3. The van der Waals surface area contributed by atoms with E-state index in [1.54, 1.807) is 14.2 Å². The van der Waals surface area contributed by atoms with Gasteiger partial charge in [-0.3, -0.25) is 9.78 Å². The van der Waals surface area contributed by atoms with Crippen LogP contribution in [0.3, 0.4) is 0 Å². The molecule has 3 aromatic rings. The summed E-state index contributed by atoms with van der Waals surface area (Å²) >= 11 is 0. The molecule has 4 rings (SSSR count). The Hall–Kier alpha value is -3.12. The Labute approximate surface area is 214 Å². The third kappa shape index (κ3) is 6.76. The molecule has 1 N–H and O–H groups in total. The number of fused-ring (bicyclic) bond motifs is 1. The van der Waals surface area contributed by atoms with Gasteiger partial charge in [-0.15, -0.1) is 0 Å². The van der Waals surface area contributed by atoms with E-state index in [0.29, 0.717) is 6.54 Å². The van der Waals surface area contributed by atoms with E-state index < -0.39 is 5.97 Å². The molecule has 1 aromatic heterocycles. The first-order valence-corrected chi connectivity index (χ1v) is 13.1. The Bertz CT molecular complexity index is 1130. The van der Waals surface area contributed by atoms with E-state index in [2.05, 4.69) is 28.1 Å². The lowest BCUT2D eigenvalue weighted by molar-refractivity contribution is -0.146. The molecule has 1 aliphatic rings. The molecular weight excluding hydrogens is 452 g/mol. The van der Waals surface area contributed by atoms with Crippen LogP contribution >= 0.6 is 0 Å². The second-order valence-corrected chi connectivity index (χ2v) is 9.84. The number of likely N-dealkylation sites (tertiary alicyclic amines) is 1. The highest BCUT2D eigenvalue weighted by Gasteiger charge is 2.33. The molecule has 6 heteroatoms. The van der Waals surface area contributed by atoms with Gasteiger partial charge in [0.05, 0.1) is 25.7 Å². The maximum absolute atomic E-state index is 12.1. The van der Waals surface area contributed by atoms with Gasteiger partial charge in [-0.05, 0) is 111 Å². The Kier molecular flexibility index (Phi) is 9.17. The zero-order valence-corrected chi connectivity index (χ0v) is 21.5. The van der Waals surface area contributed by atoms with Crippen LogP contribution in [0.1, 0.15) is 43.2 Å². The molecule has 36 heavy (non-hydrogen) atoms. The molecule has 1 saturated heterocycles. The number of carboxylic acids is 1. The standard InChI is InChI=1S/C30H38N2O4/c1-35-25-11-9-22(10-12-25)6-3-4-18-32-19-16-24(28(21-32)30(33)34)8-5-7-23-15-17-31-29-14-13-26(36-2)20-27(23)29/h9-15,17,20,24,28H,3-8,16,18-19,21H2,1-2H3,(H,33,34)/t24-,28+/m1/s1. The number of aliphatic carboxylic acids is 1. The molecule has 2 atom stereocenters. The number of hydrogen-bond acceptors (Lipinski definition) is 5. The topological polar surface area (TPSA) is 71.9 Å². The van der Waals surface area contributed by atoms with Crippen molar-refractivity contribution < 1.29 is 19.4 Å². The second-order valence-electron chi connectivity index (χ2n) is 9.84. The van der Waals surface area contributed by atoms with Crippen LogP contribution in [0.5, 0.6) is 11.5 Å². The molecule has 2 aromatic carbocycles. The summed E-state index contributed by atoms with van der Waals surface area (Å²) in [5, 5.41) is 11.1. The van der Waals surface area contributed by atoms with E-state index >= 15 is 0 Å². The van der Waals surface area contributed by atoms with Crippen molar-refractivity contribution in [2.45, 2.75) is 44.9 Å². The quantitative estimate of drug-likeness (QED) is 0.332. The molecule has 192 valence electrons. The Morgan fingerprint density at radius 1 is 1.00 bits per heavy atom. The van der Waals surface area contributed by atoms with Crippen molar-refractivity contribution in [3.63, 3.8) is 0 Å². The lowest BCUT2D eigenvalue weighted by Gasteiger charge is -2.36. The number of unbranched alkanes of at least 4 members (excludes halogenated alkanes) is 1. The summed E-state index contributed by atoms with van der Waals surface area (Å²) in [6.07, 6.45) is 8.89. The van der Waals surface area contributed by atoms with Crippen LogP contribution in [-0.2, 0) is 17.6 Å². The van der Waals surface area contributed by atoms with Crippen LogP contribution in [0.15, 0.2) is 54.7 Å². The van der Waals surface area contributed by atoms with E-state index in [1.807, 2.05) is 36.5 Å². The Balaban J connectivity index is 1.24. The third-order valence-corrected chi connectivity index (χ3v) is 7.57. The summed E-state index contributed by atoms with van der Waals surface area (Å²) in [6, 6.07) is 16.3. The van der Waals surface area contributed by atoms with Crippen LogP contribution < -0.4 is 9.47 Å². The fourth-order valence-electron chi connectivity index (χ4n) is 5.44. The number of ether oxygens (including phenoxy) is 2. The number of methoxy groups -OCH3 is 2. The lowest BCUT2D eigenvalue weighted by Crippen LogP contribution is -2.44. The number of hydrogen-bond donors (Lipinski definition) is 1. The number of aryl methyl sites for hydroxylation is 2. The molecule has 6 nitrogen and oxygen atoms in total. The monoisotopic (exact) mass is 490 g/mol. The highest BCUT2D eigenvalue weighted by Crippen LogP contribution is 2.30. The summed E-state index contributed by atoms with van der Waals surface area (Å²) < 4.78 is 10.6. The van der Waals surface area contributed by atoms with Crippen LogP contribution in [-0.4, -0.2) is 54.8 Å². The van der Waals surface area contributed by atoms with Gasteiger partial charge in [0, 0.05) is 18.1 Å². The molecule has 0 unspecified atom stereocenters. The fraction of sp³-hybridized carbons (Fsp3) is 0.467. The molecular formula is C30H38N2O4. The minimum atomic E-state index is -0.651. The predicted octanol–water partition coefficient (Wildman–Crippen LogP) is 5.62. The summed E-state index contributed by atoms with van der Waals surface area (Å²) in [6.45, 7) is 2.63. The van der Waals surface area contributed by atoms with Gasteiger partial charge in [0.2, 0.25) is 0 Å². The van der Waals surface area contributed by atoms with Gasteiger partial charge in [0.15, 0.2) is 0 Å². The summed E-state index contributed by atoms with van der Waals surface area (Å²) in [5.41, 5.74) is 3.54. The fourth-order valence-corrected chi connectivity index (χ4v) is 5.44. The summed E-state index contributed by atoms with van der Waals surface area (Å²) in [5.74, 6) is 1.02. The summed E-state index contributed by atoms with van der Waals surface area (Å²) in [7, 11) is 3.36. The van der Waals surface area contributed by atoms with Crippen LogP contribution in [0, 0.1) is 11.8 Å². The normalized spacial score (nSPS) is 18.3. The van der Waals surface area contributed by atoms with Gasteiger partial charge in [0.25, 0.3) is 0 Å². The molecule has 2 heterocycles. The van der Waals surface area contributed by atoms with E-state index in [0.717, 1.165) is 80.4 Å². The Morgan fingerprint density at radius 3 is 2.53 bits per heavy atom. The molecule has 0 amide bonds. The number of benzene rings is 2. The van der Waals surface area contributed by atoms with Gasteiger partial charge < -0.3 is 19.5 Å². The number of carboxylic acid groups (broad SMARTS) is 1. The van der Waals surface area contributed by atoms with Crippen molar-refractivity contribution >= 4 is 16.9 Å². The first-order valence-electron chi connectivity index (χ1n) is 13.1. The number of nitrogens with zero attached hydrogens (tertiary/aromatic N) is 2. The Morgan fingerprint density at radius 2 is 1.78 bits per heavy atom. The molecule has 1 aliphatic heterocycles. The molecule has 0 saturated carbocycles. The average molecular weight is 491 g/mol. The highest BCUT2D eigenvalue weighted by molar-refractivity contribution is 5.83. The van der Waals surface area contributed by atoms with Crippen LogP contribution in [0.2, 0.25) is 0 Å². The number of pyridine rings is 1. The van der Waals surface area contributed by atoms with E-state index in [9.17, 15) is 9.90 Å². The van der Waals surface area contributed by atoms with Crippen molar-refractivity contribution in [2.75, 3.05) is 33.9 Å². The van der Waals surface area contributed by atoms with Crippen molar-refractivity contribution in [3.05, 3.63) is 65.9 Å². The van der Waals surface area contributed by atoms with Crippen molar-refractivity contribution in [3.8, 4) is 11.5 Å². The number of carbonyl (C=O) groups is 1. The van der Waals surface area contributed by atoms with Gasteiger partial charge in [-0.25, -0.2) is 0 Å². The number of piperidine rings is 1. The van der Waals surface area contributed by atoms with Crippen molar-refractivity contribution in [1.29, 1.82) is 0 Å². The van der Waals surface area contributed by atoms with Gasteiger partial charge in [-0.2, -0.15) is 0 Å². The van der Waals surface area contributed by atoms with Gasteiger partial charge >= 0.3 is 5.97 Å². The predicted molar refractivity (Wildman–Crippen MR) is 143 cm³/mol. The van der Waals surface area contributed by atoms with Crippen molar-refractivity contribution in [2.24, 2.45) is 11.8 Å². The SMILES string of the molecule is COc1ccc(CCCCN2CC[C@@H](CCCc3ccnc4ccc(OC)cc34)[C@@H](C(=O)O)C2)cc1. The largest absolute Gasteiger partial charge is 0.497 e. The average Bonchev–Trinajstić information content (AvgIpc) is 2.91. The molecule has 0 radical (unpaired) electrons. The first kappa shape index (κ1) is 26.0. The number of rotatable bonds is 12. The molecule has 0 bridgehead atoms. The molecule has 1 fully saturated rings. The van der Waals surface area contributed by atoms with E-state index in [-0.39, 0.29) is 11.8 Å². The zero-order valence-electron chi connectivity index (χ0n) is 21.5. The lowest BCUT2D eigenvalue weighted by atomic mass is 9.81. The second kappa shape index (κ2) is 12.7. The third-order valence-electron chi connectivity index (χ3n) is 7.57. The number of aromatic nitrogens is 1. The van der Waals surface area contributed by atoms with Crippen LogP contribution in [0.25, 0.3) is 10.9 Å².